The molecule has 0 aliphatic heterocycles. The summed E-state index contributed by atoms with van der Waals surface area (Å²) in [4.78, 5) is 4.27. The van der Waals surface area contributed by atoms with E-state index in [9.17, 15) is 0 Å². The third kappa shape index (κ3) is 4.84. The molecule has 1 aromatic rings. The van der Waals surface area contributed by atoms with Gasteiger partial charge in [-0.05, 0) is 24.7 Å². The zero-order chi connectivity index (χ0) is 13.6. The van der Waals surface area contributed by atoms with E-state index in [1.165, 1.54) is 18.4 Å². The van der Waals surface area contributed by atoms with Crippen LogP contribution in [0.3, 0.4) is 0 Å². The van der Waals surface area contributed by atoms with Crippen molar-refractivity contribution in [2.75, 3.05) is 32.1 Å². The Hall–Kier alpha value is -0.430. The minimum Gasteiger partial charge on any atom is -0.356 e. The highest BCUT2D eigenvalue weighted by Crippen LogP contribution is 2.47. The zero-order valence-electron chi connectivity index (χ0n) is 12.2. The second-order valence-corrected chi connectivity index (χ2v) is 5.98. The van der Waals surface area contributed by atoms with Crippen LogP contribution in [0.1, 0.15) is 18.4 Å². The van der Waals surface area contributed by atoms with E-state index in [-0.39, 0.29) is 24.0 Å². The van der Waals surface area contributed by atoms with Crippen LogP contribution >= 0.6 is 35.7 Å². The van der Waals surface area contributed by atoms with E-state index in [1.54, 1.807) is 0 Å². The summed E-state index contributed by atoms with van der Waals surface area (Å²) in [5.74, 6) is 2.01. The van der Waals surface area contributed by atoms with Crippen LogP contribution in [0.4, 0.5) is 0 Å². The van der Waals surface area contributed by atoms with Gasteiger partial charge in [0.2, 0.25) is 0 Å². The molecule has 0 spiro atoms. The molecule has 0 bridgehead atoms. The Bertz CT molecular complexity index is 418. The molecule has 0 atom stereocenters. The summed E-state index contributed by atoms with van der Waals surface area (Å²) in [5.41, 5.74) is 1.78. The summed E-state index contributed by atoms with van der Waals surface area (Å²) in [5, 5.41) is 6.80. The maximum absolute atomic E-state index is 4.27. The van der Waals surface area contributed by atoms with Crippen molar-refractivity contribution >= 4 is 41.7 Å². The van der Waals surface area contributed by atoms with Gasteiger partial charge in [-0.1, -0.05) is 30.3 Å². The van der Waals surface area contributed by atoms with Gasteiger partial charge in [0.1, 0.15) is 0 Å². The van der Waals surface area contributed by atoms with Crippen LogP contribution in [0.25, 0.3) is 0 Å². The van der Waals surface area contributed by atoms with Crippen LogP contribution < -0.4 is 10.6 Å². The molecule has 5 heteroatoms. The molecule has 20 heavy (non-hydrogen) atoms. The van der Waals surface area contributed by atoms with Crippen LogP contribution in [0.2, 0.25) is 0 Å². The largest absolute Gasteiger partial charge is 0.356 e. The number of rotatable bonds is 6. The molecule has 112 valence electrons. The summed E-state index contributed by atoms with van der Waals surface area (Å²) >= 11 is 1.84. The normalized spacial score (nSPS) is 16.2. The molecule has 2 rings (SSSR count). The monoisotopic (exact) mass is 405 g/mol. The SMILES string of the molecule is CN=C(NCCSC)NCC1(c2ccccc2)CC1.I. The van der Waals surface area contributed by atoms with Gasteiger partial charge in [-0.2, -0.15) is 11.8 Å². The Kier molecular flexibility index (Phi) is 7.72. The fraction of sp³-hybridized carbons (Fsp3) is 0.533. The summed E-state index contributed by atoms with van der Waals surface area (Å²) in [6, 6.07) is 10.8. The molecule has 0 unspecified atom stereocenters. The quantitative estimate of drug-likeness (QED) is 0.331. The number of halogens is 1. The smallest absolute Gasteiger partial charge is 0.191 e. The molecule has 0 amide bonds. The summed E-state index contributed by atoms with van der Waals surface area (Å²) in [6.07, 6.45) is 4.66. The Balaban J connectivity index is 0.00000200. The maximum Gasteiger partial charge on any atom is 0.191 e. The predicted octanol–water partition coefficient (Wildman–Crippen LogP) is 2.86. The molecular formula is C15H24IN3S. The molecular weight excluding hydrogens is 381 g/mol. The molecule has 1 saturated carbocycles. The lowest BCUT2D eigenvalue weighted by atomic mass is 9.96. The third-order valence-electron chi connectivity index (χ3n) is 3.66. The molecule has 1 aromatic carbocycles. The molecule has 2 N–H and O–H groups in total. The minimum absolute atomic E-state index is 0. The first-order valence-electron chi connectivity index (χ1n) is 6.80. The van der Waals surface area contributed by atoms with Gasteiger partial charge in [0, 0.05) is 31.3 Å². The van der Waals surface area contributed by atoms with E-state index in [1.807, 2.05) is 18.8 Å². The number of hydrogen-bond acceptors (Lipinski definition) is 2. The van der Waals surface area contributed by atoms with Gasteiger partial charge in [0.05, 0.1) is 0 Å². The fourth-order valence-corrected chi connectivity index (χ4v) is 2.56. The van der Waals surface area contributed by atoms with Crippen molar-refractivity contribution in [3.8, 4) is 0 Å². The first-order chi connectivity index (χ1) is 9.30. The lowest BCUT2D eigenvalue weighted by Gasteiger charge is -2.19. The lowest BCUT2D eigenvalue weighted by Crippen LogP contribution is -2.42. The standard InChI is InChI=1S/C15H23N3S.HI/c1-16-14(17-10-11-19-2)18-12-15(8-9-15)13-6-4-3-5-7-13;/h3-7H,8-12H2,1-2H3,(H2,16,17,18);1H. The van der Waals surface area contributed by atoms with Gasteiger partial charge < -0.3 is 10.6 Å². The second-order valence-electron chi connectivity index (χ2n) is 4.99. The van der Waals surface area contributed by atoms with Crippen LogP contribution in [0.5, 0.6) is 0 Å². The number of hydrogen-bond donors (Lipinski definition) is 2. The van der Waals surface area contributed by atoms with Gasteiger partial charge in [0.25, 0.3) is 0 Å². The van der Waals surface area contributed by atoms with Crippen molar-refractivity contribution in [2.24, 2.45) is 4.99 Å². The van der Waals surface area contributed by atoms with Crippen molar-refractivity contribution in [1.82, 2.24) is 10.6 Å². The van der Waals surface area contributed by atoms with E-state index in [4.69, 9.17) is 0 Å². The molecule has 0 heterocycles. The van der Waals surface area contributed by atoms with Gasteiger partial charge in [-0.3, -0.25) is 4.99 Å². The molecule has 0 radical (unpaired) electrons. The Morgan fingerprint density at radius 3 is 2.50 bits per heavy atom. The van der Waals surface area contributed by atoms with Crippen LogP contribution in [0.15, 0.2) is 35.3 Å². The first kappa shape index (κ1) is 17.6. The highest BCUT2D eigenvalue weighted by molar-refractivity contribution is 14.0. The summed E-state index contributed by atoms with van der Waals surface area (Å²) < 4.78 is 0. The van der Waals surface area contributed by atoms with Crippen LogP contribution in [-0.2, 0) is 5.41 Å². The Morgan fingerprint density at radius 1 is 1.25 bits per heavy atom. The Labute approximate surface area is 143 Å². The number of nitrogens with one attached hydrogen (secondary N) is 2. The Morgan fingerprint density at radius 2 is 1.95 bits per heavy atom. The van der Waals surface area contributed by atoms with Crippen molar-refractivity contribution < 1.29 is 0 Å². The number of benzene rings is 1. The van der Waals surface area contributed by atoms with E-state index in [0.717, 1.165) is 24.8 Å². The average molecular weight is 405 g/mol. The minimum atomic E-state index is 0. The van der Waals surface area contributed by atoms with Crippen molar-refractivity contribution in [2.45, 2.75) is 18.3 Å². The topological polar surface area (TPSA) is 36.4 Å². The van der Waals surface area contributed by atoms with E-state index < -0.39 is 0 Å². The third-order valence-corrected chi connectivity index (χ3v) is 4.27. The average Bonchev–Trinajstić information content (AvgIpc) is 3.25. The zero-order valence-corrected chi connectivity index (χ0v) is 15.3. The number of nitrogens with zero attached hydrogens (tertiary/aromatic N) is 1. The number of guanidine groups is 1. The van der Waals surface area contributed by atoms with Gasteiger partial charge in [-0.25, -0.2) is 0 Å². The lowest BCUT2D eigenvalue weighted by molar-refractivity contribution is 0.648. The summed E-state index contributed by atoms with van der Waals surface area (Å²) in [7, 11) is 1.83. The molecule has 0 aromatic heterocycles. The number of aliphatic imine (C=N–C) groups is 1. The maximum atomic E-state index is 4.27. The van der Waals surface area contributed by atoms with Crippen molar-refractivity contribution in [1.29, 1.82) is 0 Å². The second kappa shape index (κ2) is 8.77. The van der Waals surface area contributed by atoms with Crippen molar-refractivity contribution in [3.63, 3.8) is 0 Å². The summed E-state index contributed by atoms with van der Waals surface area (Å²) in [6.45, 7) is 1.93. The van der Waals surface area contributed by atoms with Gasteiger partial charge in [0.15, 0.2) is 5.96 Å². The van der Waals surface area contributed by atoms with Gasteiger partial charge >= 0.3 is 0 Å². The highest BCUT2D eigenvalue weighted by Gasteiger charge is 2.43. The van der Waals surface area contributed by atoms with E-state index >= 15 is 0 Å². The molecule has 3 nitrogen and oxygen atoms in total. The van der Waals surface area contributed by atoms with Crippen molar-refractivity contribution in [3.05, 3.63) is 35.9 Å². The van der Waals surface area contributed by atoms with E-state index in [2.05, 4.69) is 52.2 Å². The highest BCUT2D eigenvalue weighted by atomic mass is 127. The van der Waals surface area contributed by atoms with Gasteiger partial charge in [-0.15, -0.1) is 24.0 Å². The van der Waals surface area contributed by atoms with E-state index in [0.29, 0.717) is 5.41 Å². The first-order valence-corrected chi connectivity index (χ1v) is 8.19. The predicted molar refractivity (Wildman–Crippen MR) is 101 cm³/mol. The fourth-order valence-electron chi connectivity index (χ4n) is 2.26. The molecule has 1 fully saturated rings. The van der Waals surface area contributed by atoms with Crippen LogP contribution in [-0.4, -0.2) is 38.1 Å². The molecule has 1 aliphatic rings. The molecule has 0 saturated heterocycles. The number of thioether (sulfide) groups is 1. The molecule has 1 aliphatic carbocycles. The van der Waals surface area contributed by atoms with Crippen LogP contribution in [0, 0.1) is 0 Å².